The first-order valence-electron chi connectivity index (χ1n) is 4.63. The molecule has 3 heterocycles. The summed E-state index contributed by atoms with van der Waals surface area (Å²) in [5.74, 6) is 0. The van der Waals surface area contributed by atoms with Crippen LogP contribution in [0.25, 0.3) is 0 Å². The standard InChI is InChI=1S/C9H11N3S2/c1-12-3-2-6-5-13-9-8(7(6)4-12)10-14-11-9/h5,10H,2-4H2,1H3. The van der Waals surface area contributed by atoms with Gasteiger partial charge in [0.1, 0.15) is 5.04 Å². The van der Waals surface area contributed by atoms with Crippen molar-refractivity contribution in [2.45, 2.75) is 6.42 Å². The van der Waals surface area contributed by atoms with Crippen molar-refractivity contribution in [3.8, 4) is 0 Å². The molecule has 0 atom stereocenters. The zero-order valence-electron chi connectivity index (χ0n) is 7.91. The van der Waals surface area contributed by atoms with Gasteiger partial charge in [0.25, 0.3) is 0 Å². The van der Waals surface area contributed by atoms with E-state index in [1.807, 2.05) is 0 Å². The quantitative estimate of drug-likeness (QED) is 0.636. The predicted molar refractivity (Wildman–Crippen MR) is 63.0 cm³/mol. The minimum absolute atomic E-state index is 1.05. The second kappa shape index (κ2) is 3.32. The van der Waals surface area contributed by atoms with Gasteiger partial charge in [-0.15, -0.1) is 0 Å². The van der Waals surface area contributed by atoms with Crippen LogP contribution in [0.5, 0.6) is 0 Å². The number of nitrogens with one attached hydrogen (secondary N) is 1. The van der Waals surface area contributed by atoms with Gasteiger partial charge in [-0.25, -0.2) is 0 Å². The van der Waals surface area contributed by atoms with Crippen molar-refractivity contribution in [2.75, 3.05) is 20.1 Å². The Labute approximate surface area is 92.0 Å². The Morgan fingerprint density at radius 3 is 3.43 bits per heavy atom. The predicted octanol–water partition coefficient (Wildman–Crippen LogP) is 1.77. The summed E-state index contributed by atoms with van der Waals surface area (Å²) in [5, 5.41) is 3.40. The molecule has 14 heavy (non-hydrogen) atoms. The molecule has 3 nitrogen and oxygen atoms in total. The van der Waals surface area contributed by atoms with E-state index in [0.29, 0.717) is 0 Å². The third-order valence-electron chi connectivity index (χ3n) is 2.68. The highest BCUT2D eigenvalue weighted by Gasteiger charge is 2.28. The summed E-state index contributed by atoms with van der Waals surface area (Å²) in [7, 11) is 2.17. The summed E-state index contributed by atoms with van der Waals surface area (Å²) in [4.78, 5) is 2.36. The van der Waals surface area contributed by atoms with E-state index in [1.165, 1.54) is 41.9 Å². The lowest BCUT2D eigenvalue weighted by atomic mass is 9.98. The summed E-state index contributed by atoms with van der Waals surface area (Å²) in [6.45, 7) is 2.22. The molecule has 3 aliphatic heterocycles. The van der Waals surface area contributed by atoms with Gasteiger partial charge in [0.05, 0.1) is 17.8 Å². The number of piperidine rings is 1. The van der Waals surface area contributed by atoms with Gasteiger partial charge in [-0.1, -0.05) is 11.8 Å². The molecule has 1 saturated heterocycles. The number of thioether (sulfide) groups is 1. The Morgan fingerprint density at radius 2 is 2.50 bits per heavy atom. The van der Waals surface area contributed by atoms with Crippen molar-refractivity contribution in [1.29, 1.82) is 0 Å². The number of fused-ring (bicyclic) bond motifs is 2. The maximum absolute atomic E-state index is 4.34. The molecule has 1 fully saturated rings. The van der Waals surface area contributed by atoms with E-state index in [4.69, 9.17) is 0 Å². The lowest BCUT2D eigenvalue weighted by molar-refractivity contribution is 0.347. The van der Waals surface area contributed by atoms with Crippen LogP contribution < -0.4 is 4.72 Å². The van der Waals surface area contributed by atoms with Crippen LogP contribution in [0.15, 0.2) is 26.6 Å². The fourth-order valence-corrected chi connectivity index (χ4v) is 3.57. The van der Waals surface area contributed by atoms with Gasteiger partial charge in [0, 0.05) is 13.1 Å². The van der Waals surface area contributed by atoms with Crippen molar-refractivity contribution in [3.63, 3.8) is 0 Å². The minimum Gasteiger partial charge on any atom is -0.308 e. The lowest BCUT2D eigenvalue weighted by Crippen LogP contribution is -2.31. The molecule has 0 bridgehead atoms. The van der Waals surface area contributed by atoms with Crippen molar-refractivity contribution >= 4 is 28.9 Å². The molecule has 0 amide bonds. The first-order chi connectivity index (χ1) is 6.84. The van der Waals surface area contributed by atoms with Gasteiger partial charge < -0.3 is 9.62 Å². The highest BCUT2D eigenvalue weighted by atomic mass is 32.2. The second-order valence-electron chi connectivity index (χ2n) is 3.69. The third kappa shape index (κ3) is 1.31. The first-order valence-corrected chi connectivity index (χ1v) is 6.28. The van der Waals surface area contributed by atoms with Gasteiger partial charge in [-0.05, 0) is 30.0 Å². The Morgan fingerprint density at radius 1 is 1.57 bits per heavy atom. The molecule has 3 rings (SSSR count). The second-order valence-corrected chi connectivity index (χ2v) is 5.12. The van der Waals surface area contributed by atoms with Crippen LogP contribution in [-0.4, -0.2) is 30.1 Å². The molecule has 1 N–H and O–H groups in total. The van der Waals surface area contributed by atoms with Gasteiger partial charge in [-0.2, -0.15) is 4.40 Å². The zero-order chi connectivity index (χ0) is 9.54. The topological polar surface area (TPSA) is 27.6 Å². The van der Waals surface area contributed by atoms with E-state index in [2.05, 4.69) is 26.5 Å². The molecular formula is C9H11N3S2. The van der Waals surface area contributed by atoms with Gasteiger partial charge in [0.15, 0.2) is 0 Å². The number of rotatable bonds is 0. The Balaban J connectivity index is 2.03. The SMILES string of the molecule is CN1CCC2=CSC3=NSNC3=C2C1. The molecule has 0 saturated carbocycles. The number of likely N-dealkylation sites (tertiary alicyclic amines) is 1. The molecule has 0 unspecified atom stereocenters. The number of hydrogen-bond acceptors (Lipinski definition) is 5. The molecule has 0 radical (unpaired) electrons. The molecule has 0 spiro atoms. The van der Waals surface area contributed by atoms with Crippen LogP contribution in [0.1, 0.15) is 6.42 Å². The van der Waals surface area contributed by atoms with Crippen LogP contribution in [-0.2, 0) is 0 Å². The van der Waals surface area contributed by atoms with E-state index < -0.39 is 0 Å². The minimum atomic E-state index is 1.05. The molecule has 5 heteroatoms. The fourth-order valence-electron chi connectivity index (χ4n) is 1.88. The van der Waals surface area contributed by atoms with Crippen LogP contribution >= 0.6 is 23.9 Å². The highest BCUT2D eigenvalue weighted by Crippen LogP contribution is 2.37. The number of likely N-dealkylation sites (N-methyl/N-ethyl adjacent to an activating group) is 1. The summed E-state index contributed by atoms with van der Waals surface area (Å²) in [6.07, 6.45) is 1.17. The van der Waals surface area contributed by atoms with Gasteiger partial charge >= 0.3 is 0 Å². The monoisotopic (exact) mass is 225 g/mol. The Kier molecular flexibility index (Phi) is 2.11. The molecule has 74 valence electrons. The largest absolute Gasteiger partial charge is 0.308 e. The van der Waals surface area contributed by atoms with Gasteiger partial charge in [-0.3, -0.25) is 0 Å². The molecule has 3 aliphatic rings. The molecule has 0 aromatic heterocycles. The van der Waals surface area contributed by atoms with Crippen LogP contribution in [0.4, 0.5) is 0 Å². The summed E-state index contributed by atoms with van der Waals surface area (Å²) in [5.41, 5.74) is 4.20. The molecule has 0 aliphatic carbocycles. The maximum Gasteiger partial charge on any atom is 0.135 e. The smallest absolute Gasteiger partial charge is 0.135 e. The van der Waals surface area contributed by atoms with E-state index >= 15 is 0 Å². The first kappa shape index (κ1) is 8.88. The Hall–Kier alpha value is -0.390. The average Bonchev–Trinajstić information content (AvgIpc) is 2.65. The van der Waals surface area contributed by atoms with Crippen molar-refractivity contribution in [2.24, 2.45) is 4.40 Å². The fraction of sp³-hybridized carbons (Fsp3) is 0.444. The van der Waals surface area contributed by atoms with E-state index in [-0.39, 0.29) is 0 Å². The summed E-state index contributed by atoms with van der Waals surface area (Å²) >= 11 is 3.19. The van der Waals surface area contributed by atoms with E-state index in [9.17, 15) is 0 Å². The van der Waals surface area contributed by atoms with Crippen LogP contribution in [0, 0.1) is 0 Å². The normalized spacial score (nSPS) is 26.4. The van der Waals surface area contributed by atoms with E-state index in [0.717, 1.165) is 11.6 Å². The lowest BCUT2D eigenvalue weighted by Gasteiger charge is -2.30. The van der Waals surface area contributed by atoms with Crippen molar-refractivity contribution < 1.29 is 0 Å². The zero-order valence-corrected chi connectivity index (χ0v) is 9.54. The average molecular weight is 225 g/mol. The molecule has 0 aromatic rings. The Bertz CT molecular complexity index is 370. The highest BCUT2D eigenvalue weighted by molar-refractivity contribution is 8.18. The summed E-state index contributed by atoms with van der Waals surface area (Å²) < 4.78 is 7.62. The van der Waals surface area contributed by atoms with Crippen LogP contribution in [0.2, 0.25) is 0 Å². The van der Waals surface area contributed by atoms with Crippen molar-refractivity contribution in [1.82, 2.24) is 9.62 Å². The summed E-state index contributed by atoms with van der Waals surface area (Å²) in [6, 6.07) is 0. The van der Waals surface area contributed by atoms with E-state index in [1.54, 1.807) is 11.8 Å². The van der Waals surface area contributed by atoms with Crippen molar-refractivity contribution in [3.05, 3.63) is 22.3 Å². The van der Waals surface area contributed by atoms with Gasteiger partial charge in [0.2, 0.25) is 0 Å². The third-order valence-corrected chi connectivity index (χ3v) is 4.29. The molecular weight excluding hydrogens is 214 g/mol. The maximum atomic E-state index is 4.34. The number of hydrogen-bond donors (Lipinski definition) is 1. The molecule has 0 aromatic carbocycles. The van der Waals surface area contributed by atoms with Crippen LogP contribution in [0.3, 0.4) is 0 Å². The number of nitrogens with zero attached hydrogens (tertiary/aromatic N) is 2.